The van der Waals surface area contributed by atoms with Crippen LogP contribution in [0.4, 0.5) is 0 Å². The first-order chi connectivity index (χ1) is 8.59. The Kier molecular flexibility index (Phi) is 6.53. The van der Waals surface area contributed by atoms with Crippen LogP contribution in [0.15, 0.2) is 0 Å². The van der Waals surface area contributed by atoms with E-state index in [9.17, 15) is 4.79 Å². The quantitative estimate of drug-likeness (QED) is 0.796. The van der Waals surface area contributed by atoms with Crippen molar-refractivity contribution in [2.24, 2.45) is 5.92 Å². The number of ether oxygens (including phenoxy) is 2. The van der Waals surface area contributed by atoms with Crippen molar-refractivity contribution in [1.29, 1.82) is 0 Å². The maximum atomic E-state index is 11.8. The summed E-state index contributed by atoms with van der Waals surface area (Å²) in [6.45, 7) is 7.05. The highest BCUT2D eigenvalue weighted by Crippen LogP contribution is 2.26. The van der Waals surface area contributed by atoms with Gasteiger partial charge in [-0.2, -0.15) is 0 Å². The predicted molar refractivity (Wildman–Crippen MR) is 75.4 cm³/mol. The van der Waals surface area contributed by atoms with Gasteiger partial charge in [-0.3, -0.25) is 4.79 Å². The van der Waals surface area contributed by atoms with Gasteiger partial charge in [0.05, 0.1) is 19.3 Å². The number of nitrogens with one attached hydrogen (secondary N) is 2. The molecule has 1 amide bonds. The lowest BCUT2D eigenvalue weighted by atomic mass is 10.0. The molecule has 112 valence electrons. The van der Waals surface area contributed by atoms with E-state index in [0.29, 0.717) is 25.7 Å². The number of hydrogen-bond donors (Lipinski definition) is 2. The third kappa shape index (κ3) is 4.91. The summed E-state index contributed by atoms with van der Waals surface area (Å²) in [7, 11) is 0. The fourth-order valence-corrected chi connectivity index (χ4v) is 2.69. The average Bonchev–Trinajstić information content (AvgIpc) is 2.97. The van der Waals surface area contributed by atoms with Gasteiger partial charge in [0.25, 0.3) is 0 Å². The van der Waals surface area contributed by atoms with Crippen molar-refractivity contribution in [2.45, 2.75) is 44.9 Å². The van der Waals surface area contributed by atoms with Crippen LogP contribution in [0.5, 0.6) is 0 Å². The van der Waals surface area contributed by atoms with Crippen molar-refractivity contribution in [3.05, 3.63) is 0 Å². The Morgan fingerprint density at radius 3 is 2.74 bits per heavy atom. The monoisotopic (exact) mass is 292 g/mol. The molecule has 2 fully saturated rings. The molecule has 0 aromatic carbocycles. The molecule has 2 heterocycles. The molecule has 2 aliphatic rings. The molecule has 0 bridgehead atoms. The first kappa shape index (κ1) is 16.7. The molecule has 19 heavy (non-hydrogen) atoms. The van der Waals surface area contributed by atoms with Gasteiger partial charge in [-0.15, -0.1) is 12.4 Å². The van der Waals surface area contributed by atoms with Crippen LogP contribution in [0, 0.1) is 5.92 Å². The van der Waals surface area contributed by atoms with Gasteiger partial charge in [-0.05, 0) is 32.2 Å². The Bertz CT molecular complexity index is 290. The lowest BCUT2D eigenvalue weighted by Gasteiger charge is -2.26. The summed E-state index contributed by atoms with van der Waals surface area (Å²) in [5, 5.41) is 6.20. The second-order valence-corrected chi connectivity index (χ2v) is 5.53. The molecule has 0 radical (unpaired) electrons. The lowest BCUT2D eigenvalue weighted by molar-refractivity contribution is -0.154. The van der Waals surface area contributed by atoms with Crippen molar-refractivity contribution in [3.8, 4) is 0 Å². The minimum atomic E-state index is -0.463. The number of hydrogen-bond acceptors (Lipinski definition) is 4. The Labute approximate surface area is 121 Å². The zero-order valence-corrected chi connectivity index (χ0v) is 12.6. The van der Waals surface area contributed by atoms with Gasteiger partial charge in [-0.1, -0.05) is 6.92 Å². The molecule has 2 aliphatic heterocycles. The largest absolute Gasteiger partial charge is 0.354 e. The topological polar surface area (TPSA) is 59.6 Å². The molecule has 0 saturated carbocycles. The minimum absolute atomic E-state index is 0. The van der Waals surface area contributed by atoms with Gasteiger partial charge in [0.15, 0.2) is 5.79 Å². The number of amides is 1. The van der Waals surface area contributed by atoms with Gasteiger partial charge in [0.1, 0.15) is 0 Å². The number of carbonyl (C=O) groups is 1. The summed E-state index contributed by atoms with van der Waals surface area (Å²) in [5.74, 6) is 0.00617. The van der Waals surface area contributed by atoms with Gasteiger partial charge >= 0.3 is 0 Å². The second-order valence-electron chi connectivity index (χ2n) is 5.53. The molecule has 2 saturated heterocycles. The SMILES string of the molecule is CC(CNC(=O)C1CCCN1)CC1(C)OCCO1.Cl. The van der Waals surface area contributed by atoms with Crippen molar-refractivity contribution in [3.63, 3.8) is 0 Å². The summed E-state index contributed by atoms with van der Waals surface area (Å²) in [6, 6.07) is 0.00627. The molecule has 2 unspecified atom stereocenters. The van der Waals surface area contributed by atoms with E-state index in [1.54, 1.807) is 0 Å². The summed E-state index contributed by atoms with van der Waals surface area (Å²) < 4.78 is 11.1. The minimum Gasteiger partial charge on any atom is -0.354 e. The molecule has 6 heteroatoms. The molecule has 0 aliphatic carbocycles. The fourth-order valence-electron chi connectivity index (χ4n) is 2.69. The van der Waals surface area contributed by atoms with Gasteiger partial charge in [0, 0.05) is 13.0 Å². The standard InChI is InChI=1S/C13H24N2O3.ClH/c1-10(8-13(2)17-6-7-18-13)9-15-12(16)11-4-3-5-14-11;/h10-11,14H,3-9H2,1-2H3,(H,15,16);1H. The maximum absolute atomic E-state index is 11.8. The summed E-state index contributed by atoms with van der Waals surface area (Å²) in [4.78, 5) is 11.8. The maximum Gasteiger partial charge on any atom is 0.237 e. The van der Waals surface area contributed by atoms with E-state index < -0.39 is 5.79 Å². The highest BCUT2D eigenvalue weighted by Gasteiger charge is 2.32. The molecule has 2 atom stereocenters. The first-order valence-corrected chi connectivity index (χ1v) is 6.88. The zero-order chi connectivity index (χ0) is 13.0. The van der Waals surface area contributed by atoms with E-state index >= 15 is 0 Å². The summed E-state index contributed by atoms with van der Waals surface area (Å²) >= 11 is 0. The normalized spacial score (nSPS) is 26.7. The number of halogens is 1. The molecule has 5 nitrogen and oxygen atoms in total. The number of carbonyl (C=O) groups excluding carboxylic acids is 1. The van der Waals surface area contributed by atoms with Crippen LogP contribution in [0.3, 0.4) is 0 Å². The van der Waals surface area contributed by atoms with E-state index in [2.05, 4.69) is 17.6 Å². The van der Waals surface area contributed by atoms with Gasteiger partial charge in [-0.25, -0.2) is 0 Å². The Hall–Kier alpha value is -0.360. The predicted octanol–water partition coefficient (Wildman–Crippen LogP) is 1.07. The van der Waals surface area contributed by atoms with Crippen LogP contribution in [0.2, 0.25) is 0 Å². The van der Waals surface area contributed by atoms with Crippen LogP contribution < -0.4 is 10.6 Å². The highest BCUT2D eigenvalue weighted by atomic mass is 35.5. The average molecular weight is 293 g/mol. The molecular formula is C13H25ClN2O3. The Balaban J connectivity index is 0.00000180. The van der Waals surface area contributed by atoms with E-state index in [4.69, 9.17) is 9.47 Å². The molecule has 0 aromatic heterocycles. The number of rotatable bonds is 5. The third-order valence-corrected chi connectivity index (χ3v) is 3.62. The zero-order valence-electron chi connectivity index (χ0n) is 11.7. The summed E-state index contributed by atoms with van der Waals surface area (Å²) in [5.41, 5.74) is 0. The lowest BCUT2D eigenvalue weighted by Crippen LogP contribution is -2.42. The van der Waals surface area contributed by atoms with Gasteiger partial charge < -0.3 is 20.1 Å². The van der Waals surface area contributed by atoms with E-state index in [0.717, 1.165) is 25.8 Å². The van der Waals surface area contributed by atoms with Crippen molar-refractivity contribution >= 4 is 18.3 Å². The van der Waals surface area contributed by atoms with Crippen LogP contribution in [0.1, 0.15) is 33.1 Å². The third-order valence-electron chi connectivity index (χ3n) is 3.62. The van der Waals surface area contributed by atoms with Crippen molar-refractivity contribution in [2.75, 3.05) is 26.3 Å². The molecular weight excluding hydrogens is 268 g/mol. The van der Waals surface area contributed by atoms with E-state index in [1.807, 2.05) is 6.92 Å². The van der Waals surface area contributed by atoms with Gasteiger partial charge in [0.2, 0.25) is 5.91 Å². The molecule has 0 aromatic rings. The second kappa shape index (κ2) is 7.43. The van der Waals surface area contributed by atoms with Crippen LogP contribution >= 0.6 is 12.4 Å². The van der Waals surface area contributed by atoms with Crippen LogP contribution in [0.25, 0.3) is 0 Å². The van der Waals surface area contributed by atoms with Crippen LogP contribution in [-0.2, 0) is 14.3 Å². The molecule has 2 N–H and O–H groups in total. The Morgan fingerprint density at radius 2 is 2.16 bits per heavy atom. The fraction of sp³-hybridized carbons (Fsp3) is 0.923. The van der Waals surface area contributed by atoms with E-state index in [1.165, 1.54) is 0 Å². The Morgan fingerprint density at radius 1 is 1.47 bits per heavy atom. The summed E-state index contributed by atoms with van der Waals surface area (Å²) in [6.07, 6.45) is 2.85. The first-order valence-electron chi connectivity index (χ1n) is 6.88. The van der Waals surface area contributed by atoms with Crippen LogP contribution in [-0.4, -0.2) is 44.0 Å². The molecule has 0 spiro atoms. The van der Waals surface area contributed by atoms with Crippen molar-refractivity contribution in [1.82, 2.24) is 10.6 Å². The smallest absolute Gasteiger partial charge is 0.237 e. The molecule has 2 rings (SSSR count). The van der Waals surface area contributed by atoms with Crippen molar-refractivity contribution < 1.29 is 14.3 Å². The highest BCUT2D eigenvalue weighted by molar-refractivity contribution is 5.85. The van der Waals surface area contributed by atoms with E-state index in [-0.39, 0.29) is 24.4 Å².